The van der Waals surface area contributed by atoms with Gasteiger partial charge in [-0.2, -0.15) is 13.2 Å². The number of unbranched alkanes of at least 4 members (excludes halogenated alkanes) is 2. The van der Waals surface area contributed by atoms with Gasteiger partial charge in [0.1, 0.15) is 0 Å². The molecule has 0 aliphatic heterocycles. The molecule has 0 heterocycles. The molecule has 0 aliphatic rings. The Bertz CT molecular complexity index is 394. The van der Waals surface area contributed by atoms with Gasteiger partial charge in [-0.1, -0.05) is 43.9 Å². The summed E-state index contributed by atoms with van der Waals surface area (Å²) in [4.78, 5) is 0. The first kappa shape index (κ1) is 18.6. The highest BCUT2D eigenvalue weighted by molar-refractivity contribution is 6.31. The number of rotatable bonds is 5. The molecule has 0 bridgehead atoms. The Hall–Kier alpha value is -0.450. The van der Waals surface area contributed by atoms with Crippen molar-refractivity contribution in [1.29, 1.82) is 0 Å². The van der Waals surface area contributed by atoms with Gasteiger partial charge in [0.25, 0.3) is 0 Å². The number of halogens is 5. The molecule has 0 aromatic heterocycles. The van der Waals surface area contributed by atoms with Crippen molar-refractivity contribution in [2.75, 3.05) is 0 Å². The standard InChI is InChI=1S/C13H17ClF3N.ClH/c1-2-3-4-8-11(18)12-9(13(15,16)17)6-5-7-10(12)14;/h5-7,11H,2-4,8,18H2,1H3;1H/t11-;/m1./s1. The molecule has 0 saturated carbocycles. The van der Waals surface area contributed by atoms with E-state index in [1.807, 2.05) is 6.92 Å². The van der Waals surface area contributed by atoms with Gasteiger partial charge in [0.05, 0.1) is 5.56 Å². The van der Waals surface area contributed by atoms with E-state index in [1.165, 1.54) is 12.1 Å². The van der Waals surface area contributed by atoms with E-state index in [4.69, 9.17) is 17.3 Å². The van der Waals surface area contributed by atoms with Gasteiger partial charge in [0, 0.05) is 11.1 Å². The molecule has 0 radical (unpaired) electrons. The molecule has 19 heavy (non-hydrogen) atoms. The summed E-state index contributed by atoms with van der Waals surface area (Å²) in [5.74, 6) is 0. The maximum absolute atomic E-state index is 12.9. The van der Waals surface area contributed by atoms with E-state index in [0.29, 0.717) is 6.42 Å². The van der Waals surface area contributed by atoms with Crippen LogP contribution in [0.2, 0.25) is 5.02 Å². The van der Waals surface area contributed by atoms with Gasteiger partial charge >= 0.3 is 6.18 Å². The van der Waals surface area contributed by atoms with Crippen LogP contribution in [0.4, 0.5) is 13.2 Å². The third-order valence-corrected chi connectivity index (χ3v) is 3.18. The summed E-state index contributed by atoms with van der Waals surface area (Å²) in [7, 11) is 0. The third kappa shape index (κ3) is 5.21. The zero-order chi connectivity index (χ0) is 13.8. The van der Waals surface area contributed by atoms with E-state index in [-0.39, 0.29) is 23.0 Å². The van der Waals surface area contributed by atoms with Crippen molar-refractivity contribution in [2.45, 2.75) is 44.8 Å². The fourth-order valence-corrected chi connectivity index (χ4v) is 2.23. The van der Waals surface area contributed by atoms with Gasteiger partial charge in [0.2, 0.25) is 0 Å². The average Bonchev–Trinajstić information content (AvgIpc) is 2.27. The normalized spacial score (nSPS) is 12.9. The van der Waals surface area contributed by atoms with Crippen molar-refractivity contribution in [1.82, 2.24) is 0 Å². The predicted octanol–water partition coefficient (Wildman–Crippen LogP) is 5.36. The first-order valence-corrected chi connectivity index (χ1v) is 6.37. The highest BCUT2D eigenvalue weighted by Gasteiger charge is 2.35. The molecular weight excluding hydrogens is 298 g/mol. The highest BCUT2D eigenvalue weighted by atomic mass is 35.5. The van der Waals surface area contributed by atoms with Crippen LogP contribution in [0, 0.1) is 0 Å². The molecule has 0 unspecified atom stereocenters. The zero-order valence-corrected chi connectivity index (χ0v) is 12.2. The van der Waals surface area contributed by atoms with E-state index >= 15 is 0 Å². The first-order chi connectivity index (χ1) is 8.38. The van der Waals surface area contributed by atoms with Crippen molar-refractivity contribution >= 4 is 24.0 Å². The zero-order valence-electron chi connectivity index (χ0n) is 10.6. The molecule has 2 N–H and O–H groups in total. The Morgan fingerprint density at radius 3 is 2.42 bits per heavy atom. The number of benzene rings is 1. The fourth-order valence-electron chi connectivity index (χ4n) is 1.92. The molecule has 1 nitrogen and oxygen atoms in total. The van der Waals surface area contributed by atoms with Crippen LogP contribution in [0.1, 0.15) is 49.8 Å². The van der Waals surface area contributed by atoms with E-state index in [2.05, 4.69) is 0 Å². The summed E-state index contributed by atoms with van der Waals surface area (Å²) in [6, 6.07) is 3.11. The summed E-state index contributed by atoms with van der Waals surface area (Å²) >= 11 is 5.86. The Balaban J connectivity index is 0.00000324. The Morgan fingerprint density at radius 1 is 1.26 bits per heavy atom. The van der Waals surface area contributed by atoms with Crippen LogP contribution in [0.3, 0.4) is 0 Å². The Kier molecular flexibility index (Phi) is 7.79. The van der Waals surface area contributed by atoms with Crippen molar-refractivity contribution < 1.29 is 13.2 Å². The molecule has 6 heteroatoms. The van der Waals surface area contributed by atoms with Crippen LogP contribution < -0.4 is 5.73 Å². The van der Waals surface area contributed by atoms with Gasteiger partial charge in [-0.05, 0) is 24.1 Å². The summed E-state index contributed by atoms with van der Waals surface area (Å²) in [5, 5.41) is 0.0915. The second kappa shape index (κ2) is 7.98. The molecule has 1 aromatic rings. The minimum atomic E-state index is -4.41. The van der Waals surface area contributed by atoms with Gasteiger partial charge < -0.3 is 5.73 Å². The highest BCUT2D eigenvalue weighted by Crippen LogP contribution is 2.38. The van der Waals surface area contributed by atoms with Gasteiger partial charge in [-0.15, -0.1) is 12.4 Å². The van der Waals surface area contributed by atoms with Crippen LogP contribution in [0.5, 0.6) is 0 Å². The van der Waals surface area contributed by atoms with Crippen LogP contribution >= 0.6 is 24.0 Å². The van der Waals surface area contributed by atoms with E-state index < -0.39 is 17.8 Å². The Labute approximate surface area is 122 Å². The minimum Gasteiger partial charge on any atom is -0.324 e. The summed E-state index contributed by atoms with van der Waals surface area (Å²) in [6.45, 7) is 2.03. The van der Waals surface area contributed by atoms with Crippen LogP contribution in [0.25, 0.3) is 0 Å². The molecule has 0 fully saturated rings. The molecule has 1 rings (SSSR count). The molecule has 0 spiro atoms. The second-order valence-corrected chi connectivity index (χ2v) is 4.71. The number of hydrogen-bond acceptors (Lipinski definition) is 1. The maximum Gasteiger partial charge on any atom is 0.416 e. The lowest BCUT2D eigenvalue weighted by atomic mass is 9.96. The van der Waals surface area contributed by atoms with Crippen molar-refractivity contribution in [3.63, 3.8) is 0 Å². The predicted molar refractivity (Wildman–Crippen MR) is 74.8 cm³/mol. The summed E-state index contributed by atoms with van der Waals surface area (Å²) in [6.07, 6.45) is -1.13. The number of hydrogen-bond donors (Lipinski definition) is 1. The summed E-state index contributed by atoms with van der Waals surface area (Å²) < 4.78 is 38.6. The lowest BCUT2D eigenvalue weighted by molar-refractivity contribution is -0.138. The molecule has 1 aromatic carbocycles. The Morgan fingerprint density at radius 2 is 1.89 bits per heavy atom. The molecule has 0 saturated heterocycles. The molecular formula is C13H18Cl2F3N. The number of nitrogens with two attached hydrogens (primary N) is 1. The smallest absolute Gasteiger partial charge is 0.324 e. The van der Waals surface area contributed by atoms with Gasteiger partial charge in [-0.3, -0.25) is 0 Å². The molecule has 0 amide bonds. The summed E-state index contributed by atoms with van der Waals surface area (Å²) in [5.41, 5.74) is 5.14. The van der Waals surface area contributed by atoms with E-state index in [9.17, 15) is 13.2 Å². The quantitative estimate of drug-likeness (QED) is 0.727. The molecule has 110 valence electrons. The lowest BCUT2D eigenvalue weighted by Gasteiger charge is -2.19. The monoisotopic (exact) mass is 315 g/mol. The third-order valence-electron chi connectivity index (χ3n) is 2.85. The first-order valence-electron chi connectivity index (χ1n) is 5.99. The molecule has 0 aliphatic carbocycles. The van der Waals surface area contributed by atoms with E-state index in [0.717, 1.165) is 25.3 Å². The van der Waals surface area contributed by atoms with Crippen molar-refractivity contribution in [3.8, 4) is 0 Å². The lowest BCUT2D eigenvalue weighted by Crippen LogP contribution is -2.18. The van der Waals surface area contributed by atoms with Crippen molar-refractivity contribution in [2.24, 2.45) is 5.73 Å². The van der Waals surface area contributed by atoms with Crippen LogP contribution in [0.15, 0.2) is 18.2 Å². The largest absolute Gasteiger partial charge is 0.416 e. The molecule has 1 atom stereocenters. The van der Waals surface area contributed by atoms with Gasteiger partial charge in [-0.25, -0.2) is 0 Å². The van der Waals surface area contributed by atoms with Crippen LogP contribution in [-0.2, 0) is 6.18 Å². The SMILES string of the molecule is CCCCC[C@@H](N)c1c(Cl)cccc1C(F)(F)F.Cl. The van der Waals surface area contributed by atoms with Gasteiger partial charge in [0.15, 0.2) is 0 Å². The van der Waals surface area contributed by atoms with Crippen molar-refractivity contribution in [3.05, 3.63) is 34.3 Å². The topological polar surface area (TPSA) is 26.0 Å². The fraction of sp³-hybridized carbons (Fsp3) is 0.538. The van der Waals surface area contributed by atoms with E-state index in [1.54, 1.807) is 0 Å². The number of alkyl halides is 3. The minimum absolute atomic E-state index is 0. The van der Waals surface area contributed by atoms with Crippen LogP contribution in [-0.4, -0.2) is 0 Å². The maximum atomic E-state index is 12.9. The average molecular weight is 316 g/mol. The second-order valence-electron chi connectivity index (χ2n) is 4.30.